The van der Waals surface area contributed by atoms with Crippen LogP contribution in [0.4, 0.5) is 14.6 Å². The lowest BCUT2D eigenvalue weighted by Crippen LogP contribution is -2.51. The number of pyridine rings is 1. The lowest BCUT2D eigenvalue weighted by molar-refractivity contribution is 0.108. The van der Waals surface area contributed by atoms with E-state index >= 15 is 4.39 Å². The number of nitrogens with zero attached hydrogens (tertiary/aromatic N) is 5. The summed E-state index contributed by atoms with van der Waals surface area (Å²) in [5.41, 5.74) is 1.95. The molecule has 0 saturated carbocycles. The van der Waals surface area contributed by atoms with Gasteiger partial charge in [0.05, 0.1) is 17.6 Å². The molecule has 4 saturated heterocycles. The van der Waals surface area contributed by atoms with Crippen molar-refractivity contribution in [3.8, 4) is 17.3 Å². The summed E-state index contributed by atoms with van der Waals surface area (Å²) in [5, 5.41) is 6.03. The lowest BCUT2D eigenvalue weighted by Gasteiger charge is -2.34. The van der Waals surface area contributed by atoms with E-state index in [1.807, 2.05) is 36.4 Å². The maximum atomic E-state index is 16.7. The van der Waals surface area contributed by atoms with Gasteiger partial charge in [-0.15, -0.1) is 0 Å². The summed E-state index contributed by atoms with van der Waals surface area (Å²) in [7, 11) is 0. The lowest BCUT2D eigenvalue weighted by atomic mass is 9.95. The van der Waals surface area contributed by atoms with Gasteiger partial charge in [0.2, 0.25) is 0 Å². The van der Waals surface area contributed by atoms with E-state index in [-0.39, 0.29) is 29.2 Å². The molecule has 2 aromatic heterocycles. The molecule has 2 aromatic carbocycles. The number of halogens is 2. The van der Waals surface area contributed by atoms with E-state index in [0.717, 1.165) is 68.2 Å². The van der Waals surface area contributed by atoms with E-state index in [1.165, 1.54) is 12.8 Å². The molecule has 7 nitrogen and oxygen atoms in total. The van der Waals surface area contributed by atoms with Crippen molar-refractivity contribution in [3.63, 3.8) is 0 Å². The Morgan fingerprint density at radius 2 is 1.76 bits per heavy atom. The largest absolute Gasteiger partial charge is 0.461 e. The smallest absolute Gasteiger partial charge is 0.319 e. The van der Waals surface area contributed by atoms with Gasteiger partial charge in [0.1, 0.15) is 23.6 Å². The molecule has 9 heteroatoms. The van der Waals surface area contributed by atoms with Crippen LogP contribution >= 0.6 is 0 Å². The number of benzene rings is 2. The van der Waals surface area contributed by atoms with Gasteiger partial charge in [0, 0.05) is 43.4 Å². The number of rotatable bonds is 7. The van der Waals surface area contributed by atoms with Gasteiger partial charge in [-0.3, -0.25) is 14.3 Å². The van der Waals surface area contributed by atoms with Gasteiger partial charge >= 0.3 is 6.01 Å². The third kappa shape index (κ3) is 4.31. The van der Waals surface area contributed by atoms with Gasteiger partial charge in [-0.1, -0.05) is 36.4 Å². The summed E-state index contributed by atoms with van der Waals surface area (Å²) in [5.74, 6) is 0.192. The normalized spacial score (nSPS) is 23.2. The van der Waals surface area contributed by atoms with Crippen LogP contribution in [0.2, 0.25) is 0 Å². The van der Waals surface area contributed by atoms with Gasteiger partial charge < -0.3 is 15.0 Å². The molecule has 218 valence electrons. The van der Waals surface area contributed by atoms with E-state index in [9.17, 15) is 4.39 Å². The van der Waals surface area contributed by atoms with Crippen molar-refractivity contribution in [1.29, 1.82) is 0 Å². The second-order valence-corrected chi connectivity index (χ2v) is 12.5. The fraction of sp³-hybridized carbons (Fsp3) is 0.485. The van der Waals surface area contributed by atoms with Crippen LogP contribution in [0.1, 0.15) is 44.1 Å². The highest BCUT2D eigenvalue weighted by Crippen LogP contribution is 2.40. The number of hydrogen-bond acceptors (Lipinski definition) is 7. The molecule has 0 spiro atoms. The Kier molecular flexibility index (Phi) is 6.48. The van der Waals surface area contributed by atoms with Crippen LogP contribution in [-0.4, -0.2) is 76.9 Å². The first kappa shape index (κ1) is 26.2. The molecule has 0 radical (unpaired) electrons. The zero-order valence-electron chi connectivity index (χ0n) is 23.8. The number of aromatic nitrogens is 3. The van der Waals surface area contributed by atoms with Crippen LogP contribution in [0.3, 0.4) is 0 Å². The molecule has 2 atom stereocenters. The van der Waals surface area contributed by atoms with Crippen LogP contribution in [0, 0.1) is 5.82 Å². The standard InChI is InChI=1S/C33H36F2N6O/c34-14-11-22-6-1-5-21-7-2-8-25(27(21)22)29-28(35)30-26(17-36-29)31(40-18-23-9-10-24(19-40)37-23)39-32(38-30)42-20-33-12-3-15-41(33)16-4-13-33/h1-2,5-8,17,23-24,37H,3-4,9-16,18-20H2/t23-,24+. The van der Waals surface area contributed by atoms with Crippen LogP contribution < -0.4 is 15.0 Å². The van der Waals surface area contributed by atoms with Crippen molar-refractivity contribution >= 4 is 27.5 Å². The topological polar surface area (TPSA) is 66.4 Å². The molecule has 1 N–H and O–H groups in total. The number of alkyl halides is 1. The minimum absolute atomic E-state index is 0.0321. The van der Waals surface area contributed by atoms with Gasteiger partial charge in [0.25, 0.3) is 0 Å². The SMILES string of the molecule is FCCc1cccc2cccc(-c3ncc4c(N5C[C@H]6CC[C@@H](C5)N6)nc(OCC56CCCN5CCC6)nc4c3F)c12. The van der Waals surface area contributed by atoms with E-state index < -0.39 is 12.5 Å². The third-order valence-corrected chi connectivity index (χ3v) is 10.1. The van der Waals surface area contributed by atoms with Crippen molar-refractivity contribution in [1.82, 2.24) is 25.2 Å². The number of piperazine rings is 1. The van der Waals surface area contributed by atoms with E-state index in [4.69, 9.17) is 14.7 Å². The monoisotopic (exact) mass is 570 g/mol. The van der Waals surface area contributed by atoms with Crippen LogP contribution in [0.15, 0.2) is 42.6 Å². The van der Waals surface area contributed by atoms with Crippen molar-refractivity contribution < 1.29 is 13.5 Å². The third-order valence-electron chi connectivity index (χ3n) is 10.1. The van der Waals surface area contributed by atoms with Crippen molar-refractivity contribution in [3.05, 3.63) is 54.0 Å². The summed E-state index contributed by atoms with van der Waals surface area (Å²) in [6.07, 6.45) is 8.81. The molecule has 42 heavy (non-hydrogen) atoms. The number of anilines is 1. The Bertz CT molecular complexity index is 1640. The fourth-order valence-corrected chi connectivity index (χ4v) is 8.07. The summed E-state index contributed by atoms with van der Waals surface area (Å²) in [6, 6.07) is 12.5. The molecule has 0 aliphatic carbocycles. The van der Waals surface area contributed by atoms with Crippen molar-refractivity contribution in [2.75, 3.05) is 44.4 Å². The van der Waals surface area contributed by atoms with Crippen LogP contribution in [0.5, 0.6) is 6.01 Å². The molecule has 4 aromatic rings. The summed E-state index contributed by atoms with van der Waals surface area (Å²) >= 11 is 0. The van der Waals surface area contributed by atoms with Gasteiger partial charge in [-0.2, -0.15) is 9.97 Å². The zero-order chi connectivity index (χ0) is 28.3. The van der Waals surface area contributed by atoms with Crippen LogP contribution in [-0.2, 0) is 6.42 Å². The molecule has 4 aliphatic rings. The Balaban J connectivity index is 1.25. The summed E-state index contributed by atoms with van der Waals surface area (Å²) < 4.78 is 36.6. The summed E-state index contributed by atoms with van der Waals surface area (Å²) in [6.45, 7) is 3.86. The first-order valence-corrected chi connectivity index (χ1v) is 15.4. The molecular weight excluding hydrogens is 534 g/mol. The first-order valence-electron chi connectivity index (χ1n) is 15.4. The molecule has 8 rings (SSSR count). The highest BCUT2D eigenvalue weighted by atomic mass is 19.1. The quantitative estimate of drug-likeness (QED) is 0.317. The van der Waals surface area contributed by atoms with E-state index in [2.05, 4.69) is 20.1 Å². The van der Waals surface area contributed by atoms with Crippen molar-refractivity contribution in [2.45, 2.75) is 62.6 Å². The number of nitrogens with one attached hydrogen (secondary N) is 1. The van der Waals surface area contributed by atoms with Crippen molar-refractivity contribution in [2.24, 2.45) is 0 Å². The Labute approximate surface area is 244 Å². The average Bonchev–Trinajstić information content (AvgIpc) is 3.69. The highest BCUT2D eigenvalue weighted by molar-refractivity contribution is 6.00. The molecule has 2 bridgehead atoms. The maximum Gasteiger partial charge on any atom is 0.319 e. The predicted octanol–water partition coefficient (Wildman–Crippen LogP) is 5.44. The highest BCUT2D eigenvalue weighted by Gasteiger charge is 2.45. The van der Waals surface area contributed by atoms with Gasteiger partial charge in [-0.05, 0) is 68.0 Å². The average molecular weight is 571 g/mol. The number of hydrogen-bond donors (Lipinski definition) is 1. The molecule has 0 amide bonds. The Hall–Kier alpha value is -3.43. The molecule has 4 aliphatic heterocycles. The Morgan fingerprint density at radius 1 is 1.00 bits per heavy atom. The zero-order valence-corrected chi connectivity index (χ0v) is 23.8. The minimum Gasteiger partial charge on any atom is -0.461 e. The Morgan fingerprint density at radius 3 is 2.52 bits per heavy atom. The summed E-state index contributed by atoms with van der Waals surface area (Å²) in [4.78, 5) is 19.1. The first-order chi connectivity index (χ1) is 20.6. The molecule has 4 fully saturated rings. The van der Waals surface area contributed by atoms with Gasteiger partial charge in [0.15, 0.2) is 5.82 Å². The van der Waals surface area contributed by atoms with Crippen LogP contribution in [0.25, 0.3) is 32.9 Å². The van der Waals surface area contributed by atoms with Gasteiger partial charge in [-0.25, -0.2) is 4.39 Å². The van der Waals surface area contributed by atoms with E-state index in [0.29, 0.717) is 35.5 Å². The molecule has 6 heterocycles. The minimum atomic E-state index is -0.497. The maximum absolute atomic E-state index is 16.7. The predicted molar refractivity (Wildman–Crippen MR) is 160 cm³/mol. The molecule has 0 unspecified atom stereocenters. The number of fused-ring (bicyclic) bond motifs is 5. The fourth-order valence-electron chi connectivity index (χ4n) is 8.07. The second-order valence-electron chi connectivity index (χ2n) is 12.5. The number of aryl methyl sites for hydroxylation is 1. The second kappa shape index (κ2) is 10.4. The van der Waals surface area contributed by atoms with E-state index in [1.54, 1.807) is 6.20 Å². The molecular formula is C33H36F2N6O. The number of ether oxygens (including phenoxy) is 1.